The van der Waals surface area contributed by atoms with Crippen LogP contribution in [0.5, 0.6) is 11.5 Å². The van der Waals surface area contributed by atoms with E-state index in [1.165, 1.54) is 0 Å². The maximum Gasteiger partial charge on any atom is 0.193 e. The van der Waals surface area contributed by atoms with Crippen LogP contribution in [0, 0.1) is 11.8 Å². The largest absolute Gasteiger partial charge is 0.455 e. The number of benzene rings is 2. The minimum absolute atomic E-state index is 0.0449. The van der Waals surface area contributed by atoms with Crippen molar-refractivity contribution in [3.05, 3.63) is 54.6 Å². The van der Waals surface area contributed by atoms with E-state index in [0.29, 0.717) is 6.61 Å². The van der Waals surface area contributed by atoms with Crippen molar-refractivity contribution in [1.29, 1.82) is 0 Å². The first-order valence-electron chi connectivity index (χ1n) is 9.94. The summed E-state index contributed by atoms with van der Waals surface area (Å²) < 4.78 is 12.2. The summed E-state index contributed by atoms with van der Waals surface area (Å²) >= 11 is 0. The molecule has 0 spiro atoms. The van der Waals surface area contributed by atoms with E-state index < -0.39 is 8.32 Å². The van der Waals surface area contributed by atoms with Crippen molar-refractivity contribution in [3.63, 3.8) is 0 Å². The zero-order valence-electron chi connectivity index (χ0n) is 18.0. The summed E-state index contributed by atoms with van der Waals surface area (Å²) in [4.78, 5) is 0. The number of para-hydroxylation sites is 3. The first kappa shape index (κ1) is 22.1. The molecule has 0 aliphatic rings. The Morgan fingerprint density at radius 1 is 1.00 bits per heavy atom. The van der Waals surface area contributed by atoms with Gasteiger partial charge < -0.3 is 14.5 Å². The van der Waals surface area contributed by atoms with Crippen molar-refractivity contribution in [2.24, 2.45) is 0 Å². The van der Waals surface area contributed by atoms with E-state index in [1.807, 2.05) is 54.6 Å². The molecule has 0 unspecified atom stereocenters. The zero-order valence-corrected chi connectivity index (χ0v) is 19.0. The van der Waals surface area contributed by atoms with E-state index in [9.17, 15) is 0 Å². The second-order valence-corrected chi connectivity index (χ2v) is 13.2. The van der Waals surface area contributed by atoms with Crippen LogP contribution in [0.3, 0.4) is 0 Å². The minimum Gasteiger partial charge on any atom is -0.455 e. The van der Waals surface area contributed by atoms with Crippen LogP contribution >= 0.6 is 0 Å². The standard InChI is InChI=1S/C24H33NO2Si/c1-7-20(14-13-19-26-28(5,6)24(2,3)4)25-22-17-11-12-18-23(22)27-21-15-9-8-10-16-21/h8-12,15-18,20,25H,7,19H2,1-6H3/t20-/m0/s1. The Hall–Kier alpha value is -2.22. The fourth-order valence-electron chi connectivity index (χ4n) is 2.32. The van der Waals surface area contributed by atoms with Gasteiger partial charge >= 0.3 is 0 Å². The van der Waals surface area contributed by atoms with E-state index >= 15 is 0 Å². The van der Waals surface area contributed by atoms with Crippen molar-refractivity contribution < 1.29 is 9.16 Å². The molecule has 1 N–H and O–H groups in total. The molecule has 0 heterocycles. The molecule has 2 aromatic rings. The quantitative estimate of drug-likeness (QED) is 0.418. The molecule has 150 valence electrons. The molecule has 2 rings (SSSR count). The van der Waals surface area contributed by atoms with Crippen molar-refractivity contribution in [2.75, 3.05) is 11.9 Å². The molecular formula is C24H33NO2Si. The Morgan fingerprint density at radius 2 is 1.64 bits per heavy atom. The van der Waals surface area contributed by atoms with E-state index in [2.05, 4.69) is 57.9 Å². The number of rotatable bonds is 7. The van der Waals surface area contributed by atoms with E-state index in [4.69, 9.17) is 9.16 Å². The summed E-state index contributed by atoms with van der Waals surface area (Å²) in [6.07, 6.45) is 0.896. The molecule has 2 aromatic carbocycles. The molecule has 28 heavy (non-hydrogen) atoms. The Morgan fingerprint density at radius 3 is 2.29 bits per heavy atom. The number of hydrogen-bond donors (Lipinski definition) is 1. The van der Waals surface area contributed by atoms with Crippen LogP contribution in [-0.2, 0) is 4.43 Å². The molecule has 0 amide bonds. The van der Waals surface area contributed by atoms with Gasteiger partial charge in [0.2, 0.25) is 0 Å². The lowest BCUT2D eigenvalue weighted by Gasteiger charge is -2.35. The van der Waals surface area contributed by atoms with E-state index in [1.54, 1.807) is 0 Å². The first-order valence-corrected chi connectivity index (χ1v) is 12.8. The highest BCUT2D eigenvalue weighted by atomic mass is 28.4. The molecule has 0 radical (unpaired) electrons. The fraction of sp³-hybridized carbons (Fsp3) is 0.417. The Bertz CT molecular complexity index is 801. The van der Waals surface area contributed by atoms with Crippen LogP contribution < -0.4 is 10.1 Å². The van der Waals surface area contributed by atoms with Gasteiger partial charge in [-0.25, -0.2) is 0 Å². The molecule has 3 nitrogen and oxygen atoms in total. The highest BCUT2D eigenvalue weighted by Gasteiger charge is 2.36. The Balaban J connectivity index is 2.02. The second-order valence-electron chi connectivity index (χ2n) is 8.39. The molecule has 0 saturated carbocycles. The van der Waals surface area contributed by atoms with Gasteiger partial charge in [0.05, 0.1) is 18.3 Å². The average Bonchev–Trinajstić information content (AvgIpc) is 2.65. The Kier molecular flexibility index (Phi) is 7.74. The first-order chi connectivity index (χ1) is 13.2. The lowest BCUT2D eigenvalue weighted by atomic mass is 10.2. The molecule has 0 aromatic heterocycles. The van der Waals surface area contributed by atoms with E-state index in [-0.39, 0.29) is 11.1 Å². The number of ether oxygens (including phenoxy) is 1. The highest BCUT2D eigenvalue weighted by Crippen LogP contribution is 2.36. The van der Waals surface area contributed by atoms with Gasteiger partial charge in [0.1, 0.15) is 5.75 Å². The van der Waals surface area contributed by atoms with Crippen LogP contribution in [-0.4, -0.2) is 21.0 Å². The summed E-state index contributed by atoms with van der Waals surface area (Å²) in [5, 5.41) is 3.70. The summed E-state index contributed by atoms with van der Waals surface area (Å²) in [7, 11) is -1.76. The molecule has 1 atom stereocenters. The SMILES string of the molecule is CC[C@@H](C#CCO[Si](C)(C)C(C)(C)C)Nc1ccccc1Oc1ccccc1. The average molecular weight is 396 g/mol. The lowest BCUT2D eigenvalue weighted by Crippen LogP contribution is -2.40. The van der Waals surface area contributed by atoms with Gasteiger partial charge in [-0.2, -0.15) is 0 Å². The third-order valence-corrected chi connectivity index (χ3v) is 9.66. The maximum atomic E-state index is 6.15. The molecule has 0 aliphatic carbocycles. The van der Waals surface area contributed by atoms with Gasteiger partial charge in [-0.15, -0.1) is 0 Å². The van der Waals surface area contributed by atoms with Gasteiger partial charge in [0, 0.05) is 0 Å². The van der Waals surface area contributed by atoms with Gasteiger partial charge in [0.25, 0.3) is 0 Å². The third kappa shape index (κ3) is 6.44. The second kappa shape index (κ2) is 9.82. The fourth-order valence-corrected chi connectivity index (χ4v) is 3.18. The van der Waals surface area contributed by atoms with E-state index in [0.717, 1.165) is 23.6 Å². The number of nitrogens with one attached hydrogen (secondary N) is 1. The summed E-state index contributed by atoms with van der Waals surface area (Å²) in [6.45, 7) is 13.8. The molecule has 0 bridgehead atoms. The predicted molar refractivity (Wildman–Crippen MR) is 122 cm³/mol. The van der Waals surface area contributed by atoms with Gasteiger partial charge in [0.15, 0.2) is 14.1 Å². The lowest BCUT2D eigenvalue weighted by molar-refractivity contribution is 0.334. The minimum atomic E-state index is -1.76. The third-order valence-electron chi connectivity index (χ3n) is 5.18. The zero-order chi connectivity index (χ0) is 20.6. The Labute approximate surface area is 171 Å². The van der Waals surface area contributed by atoms with Crippen LogP contribution in [0.4, 0.5) is 5.69 Å². The number of anilines is 1. The topological polar surface area (TPSA) is 30.5 Å². The highest BCUT2D eigenvalue weighted by molar-refractivity contribution is 6.74. The molecule has 0 fully saturated rings. The summed E-state index contributed by atoms with van der Waals surface area (Å²) in [6, 6.07) is 17.8. The maximum absolute atomic E-state index is 6.15. The number of hydrogen-bond acceptors (Lipinski definition) is 3. The van der Waals surface area contributed by atoms with Crippen molar-refractivity contribution in [3.8, 4) is 23.3 Å². The van der Waals surface area contributed by atoms with Crippen LogP contribution in [0.2, 0.25) is 18.1 Å². The van der Waals surface area contributed by atoms with Crippen molar-refractivity contribution in [2.45, 2.75) is 58.3 Å². The monoisotopic (exact) mass is 395 g/mol. The summed E-state index contributed by atoms with van der Waals surface area (Å²) in [5.74, 6) is 8.14. The van der Waals surface area contributed by atoms with Crippen LogP contribution in [0.25, 0.3) is 0 Å². The van der Waals surface area contributed by atoms with Crippen molar-refractivity contribution in [1.82, 2.24) is 0 Å². The van der Waals surface area contributed by atoms with Crippen LogP contribution in [0.1, 0.15) is 34.1 Å². The molecular weight excluding hydrogens is 362 g/mol. The van der Waals surface area contributed by atoms with Gasteiger partial charge in [-0.1, -0.05) is 69.9 Å². The summed E-state index contributed by atoms with van der Waals surface area (Å²) in [5.41, 5.74) is 0.942. The molecule has 4 heteroatoms. The molecule has 0 saturated heterocycles. The van der Waals surface area contributed by atoms with Crippen LogP contribution in [0.15, 0.2) is 54.6 Å². The smallest absolute Gasteiger partial charge is 0.193 e. The van der Waals surface area contributed by atoms with Gasteiger partial charge in [-0.3, -0.25) is 0 Å². The van der Waals surface area contributed by atoms with Crippen molar-refractivity contribution >= 4 is 14.0 Å². The predicted octanol–water partition coefficient (Wildman–Crippen LogP) is 6.69. The normalized spacial score (nSPS) is 12.6. The molecule has 0 aliphatic heterocycles. The van der Waals surface area contributed by atoms with Gasteiger partial charge in [-0.05, 0) is 48.8 Å².